The van der Waals surface area contributed by atoms with Gasteiger partial charge in [0, 0.05) is 3.82 Å². The number of sulfonamides is 1. The van der Waals surface area contributed by atoms with Gasteiger partial charge in [-0.25, -0.2) is 14.3 Å². The zero-order valence-electron chi connectivity index (χ0n) is 8.00. The van der Waals surface area contributed by atoms with Gasteiger partial charge in [0.15, 0.2) is 0 Å². The number of hydrogen-bond acceptors (Lipinski definition) is 5. The van der Waals surface area contributed by atoms with E-state index in [9.17, 15) is 51.5 Å². The predicted molar refractivity (Wildman–Crippen MR) is 40.9 cm³/mol. The third-order valence-corrected chi connectivity index (χ3v) is 4.43. The van der Waals surface area contributed by atoms with Crippen LogP contribution in [0.3, 0.4) is 0 Å². The van der Waals surface area contributed by atoms with E-state index in [1.807, 2.05) is 0 Å². The fraction of sp³-hybridized carbons (Fsp3) is 1.00. The summed E-state index contributed by atoms with van der Waals surface area (Å²) in [5.41, 5.74) is 0. The summed E-state index contributed by atoms with van der Waals surface area (Å²) >= 11 is 0. The molecule has 0 radical (unpaired) electrons. The number of hydrazine groups is 1. The summed E-state index contributed by atoms with van der Waals surface area (Å²) in [4.78, 5) is 0. The van der Waals surface area contributed by atoms with E-state index in [1.54, 1.807) is 0 Å². The number of nitrogens with zero attached hydrogens (tertiary/aromatic N) is 1. The Hall–Kier alpha value is -0.740. The van der Waals surface area contributed by atoms with Crippen molar-refractivity contribution in [1.82, 2.24) is 3.82 Å². The minimum atomic E-state index is -7.39. The van der Waals surface area contributed by atoms with E-state index in [0.29, 0.717) is 0 Å². The zero-order valence-corrected chi connectivity index (χ0v) is 9.63. The maximum absolute atomic E-state index is 12.6. The van der Waals surface area contributed by atoms with Crippen LogP contribution in [0.2, 0.25) is 0 Å². The van der Waals surface area contributed by atoms with Gasteiger partial charge in [-0.3, -0.25) is 0 Å². The predicted octanol–water partition coefficient (Wildman–Crippen LogP) is 0.497. The Bertz CT molecular complexity index is 549. The van der Waals surface area contributed by atoms with E-state index in [-0.39, 0.29) is 0 Å². The van der Waals surface area contributed by atoms with Gasteiger partial charge in [-0.1, -0.05) is 3.89 Å². The molecule has 0 atom stereocenters. The molecule has 0 aromatic heterocycles. The highest BCUT2D eigenvalue weighted by Crippen LogP contribution is 2.49. The molecular formula is C3H2F8N2O4S2. The molecule has 116 valence electrons. The molecule has 0 heterocycles. The number of alkyl halides is 7. The number of halogens is 8. The van der Waals surface area contributed by atoms with Crippen molar-refractivity contribution in [3.8, 4) is 0 Å². The largest absolute Gasteiger partial charge is 0.461 e. The molecule has 0 aliphatic rings. The van der Waals surface area contributed by atoms with Crippen molar-refractivity contribution < 1.29 is 51.5 Å². The van der Waals surface area contributed by atoms with Crippen LogP contribution in [0.5, 0.6) is 0 Å². The molecule has 0 aromatic rings. The average Bonchev–Trinajstić information content (AvgIpc) is 2.12. The van der Waals surface area contributed by atoms with Crippen LogP contribution < -0.4 is 5.84 Å². The lowest BCUT2D eigenvalue weighted by Crippen LogP contribution is -2.61. The lowest BCUT2D eigenvalue weighted by Gasteiger charge is -2.28. The van der Waals surface area contributed by atoms with Gasteiger partial charge in [0.25, 0.3) is 0 Å². The highest BCUT2D eigenvalue weighted by Gasteiger charge is 2.80. The number of rotatable bonds is 4. The molecule has 0 aromatic carbocycles. The molecule has 0 aliphatic carbocycles. The van der Waals surface area contributed by atoms with Gasteiger partial charge in [-0.2, -0.15) is 39.2 Å². The molecule has 0 fully saturated rings. The first-order valence-corrected chi connectivity index (χ1v) is 6.25. The topological polar surface area (TPSA) is 97.5 Å². The molecule has 0 rings (SSSR count). The zero-order chi connectivity index (χ0) is 16.1. The van der Waals surface area contributed by atoms with Crippen molar-refractivity contribution in [1.29, 1.82) is 0 Å². The van der Waals surface area contributed by atoms with Crippen LogP contribution >= 0.6 is 0 Å². The Morgan fingerprint density at radius 3 is 1.37 bits per heavy atom. The quantitative estimate of drug-likeness (QED) is 0.346. The number of hydrogen-bond donors (Lipinski definition) is 1. The third kappa shape index (κ3) is 2.75. The van der Waals surface area contributed by atoms with Gasteiger partial charge in [0.05, 0.1) is 0 Å². The van der Waals surface area contributed by atoms with E-state index < -0.39 is 41.6 Å². The van der Waals surface area contributed by atoms with Crippen LogP contribution in [0.4, 0.5) is 34.6 Å². The molecular weight excluding hydrogens is 344 g/mol. The molecule has 16 heteroatoms. The van der Waals surface area contributed by atoms with E-state index in [0.717, 1.165) is 0 Å². The molecule has 0 amide bonds. The summed E-state index contributed by atoms with van der Waals surface area (Å²) in [7, 11) is -14.1. The molecule has 0 unspecified atom stereocenters. The van der Waals surface area contributed by atoms with Crippen molar-refractivity contribution in [3.05, 3.63) is 0 Å². The lowest BCUT2D eigenvalue weighted by molar-refractivity contribution is -0.332. The average molecular weight is 346 g/mol. The molecule has 0 saturated carbocycles. The first kappa shape index (κ1) is 18.3. The summed E-state index contributed by atoms with van der Waals surface area (Å²) < 4.78 is 135. The molecule has 0 saturated heterocycles. The fourth-order valence-electron chi connectivity index (χ4n) is 0.557. The summed E-state index contributed by atoms with van der Waals surface area (Å²) in [5.74, 6) is -3.45. The summed E-state index contributed by atoms with van der Waals surface area (Å²) in [6.07, 6.45) is -7.06. The smallest absolute Gasteiger partial charge is 0.238 e. The second-order valence-corrected chi connectivity index (χ2v) is 6.07. The second kappa shape index (κ2) is 4.38. The molecule has 2 N–H and O–H groups in total. The van der Waals surface area contributed by atoms with E-state index in [2.05, 4.69) is 5.84 Å². The number of nitrogens with two attached hydrogens (primary N) is 1. The summed E-state index contributed by atoms with van der Waals surface area (Å²) in [6, 6.07) is 0. The molecule has 6 nitrogen and oxygen atoms in total. The first-order chi connectivity index (χ1) is 7.90. The lowest BCUT2D eigenvalue weighted by atomic mass is 10.3. The normalized spacial score (nSPS) is 15.9. The van der Waals surface area contributed by atoms with E-state index in [4.69, 9.17) is 0 Å². The van der Waals surface area contributed by atoms with Crippen LogP contribution in [0.25, 0.3) is 0 Å². The van der Waals surface area contributed by atoms with Crippen LogP contribution in [0.15, 0.2) is 0 Å². The van der Waals surface area contributed by atoms with Gasteiger partial charge < -0.3 is 0 Å². The molecule has 0 aliphatic heterocycles. The minimum absolute atomic E-state index is 2.42. The van der Waals surface area contributed by atoms with Gasteiger partial charge in [0.1, 0.15) is 0 Å². The Morgan fingerprint density at radius 2 is 1.16 bits per heavy atom. The van der Waals surface area contributed by atoms with E-state index >= 15 is 0 Å². The van der Waals surface area contributed by atoms with Crippen LogP contribution in [-0.4, -0.2) is 38.0 Å². The van der Waals surface area contributed by atoms with Gasteiger partial charge >= 0.3 is 37.8 Å². The van der Waals surface area contributed by atoms with E-state index in [1.165, 1.54) is 0 Å². The van der Waals surface area contributed by atoms with Crippen molar-refractivity contribution in [3.63, 3.8) is 0 Å². The van der Waals surface area contributed by atoms with Crippen molar-refractivity contribution in [2.45, 2.75) is 17.4 Å². The van der Waals surface area contributed by atoms with Crippen LogP contribution in [-0.2, 0) is 20.4 Å². The van der Waals surface area contributed by atoms with Gasteiger partial charge in [-0.15, -0.1) is 0 Å². The second-order valence-electron chi connectivity index (χ2n) is 2.76. The van der Waals surface area contributed by atoms with Gasteiger partial charge in [0.2, 0.25) is 0 Å². The van der Waals surface area contributed by atoms with Crippen molar-refractivity contribution in [2.24, 2.45) is 5.84 Å². The van der Waals surface area contributed by atoms with Crippen LogP contribution in [0, 0.1) is 0 Å². The Morgan fingerprint density at radius 1 is 0.842 bits per heavy atom. The highest BCUT2D eigenvalue weighted by atomic mass is 32.3. The molecule has 0 spiro atoms. The highest BCUT2D eigenvalue weighted by molar-refractivity contribution is 8.02. The maximum Gasteiger partial charge on any atom is 0.461 e. The molecule has 19 heavy (non-hydrogen) atoms. The third-order valence-electron chi connectivity index (χ3n) is 1.50. The van der Waals surface area contributed by atoms with Crippen LogP contribution in [0.1, 0.15) is 0 Å². The Labute approximate surface area is 99.7 Å². The minimum Gasteiger partial charge on any atom is -0.238 e. The summed E-state index contributed by atoms with van der Waals surface area (Å²) in [5, 5.41) is -7.05. The van der Waals surface area contributed by atoms with Gasteiger partial charge in [-0.05, 0) is 0 Å². The Kier molecular flexibility index (Phi) is 4.21. The standard InChI is InChI=1S/C3H2F8N2O4S2/c4-1(5,2(6,7)8)3(9,10)18(14,15)13(12)19(11,16)17/h12H2. The SMILES string of the molecule is NN(S(=O)(=O)F)S(=O)(=O)C(F)(F)C(F)(F)C(F)(F)F. The van der Waals surface area contributed by atoms with Crippen molar-refractivity contribution in [2.75, 3.05) is 0 Å². The summed E-state index contributed by atoms with van der Waals surface area (Å²) in [6.45, 7) is 0. The monoisotopic (exact) mass is 346 g/mol. The maximum atomic E-state index is 12.6. The molecule has 0 bridgehead atoms. The van der Waals surface area contributed by atoms with Crippen molar-refractivity contribution >= 4 is 20.4 Å². The fourth-order valence-corrected chi connectivity index (χ4v) is 2.44. The first-order valence-electron chi connectivity index (χ1n) is 3.47. The Balaban J connectivity index is 6.09.